The van der Waals surface area contributed by atoms with Crippen molar-refractivity contribution in [2.24, 2.45) is 0 Å². The molecule has 1 N–H and O–H groups in total. The van der Waals surface area contributed by atoms with Crippen molar-refractivity contribution in [3.8, 4) is 0 Å². The van der Waals surface area contributed by atoms with Crippen LogP contribution in [-0.2, 0) is 6.54 Å². The molecule has 1 heterocycles. The highest BCUT2D eigenvalue weighted by Gasteiger charge is 2.16. The summed E-state index contributed by atoms with van der Waals surface area (Å²) in [6.45, 7) is 4.25. The number of furan rings is 1. The average molecular weight is 253 g/mol. The topological polar surface area (TPSA) is 25.2 Å². The number of rotatable bonds is 6. The summed E-state index contributed by atoms with van der Waals surface area (Å²) in [6.07, 6.45) is 8.90. The first-order valence-electron chi connectivity index (χ1n) is 6.73. The first kappa shape index (κ1) is 13.0. The Morgan fingerprint density at radius 1 is 1.41 bits per heavy atom. The van der Waals surface area contributed by atoms with Gasteiger partial charge in [-0.3, -0.25) is 0 Å². The molecule has 1 saturated carbocycles. The Kier molecular flexibility index (Phi) is 5.46. The summed E-state index contributed by atoms with van der Waals surface area (Å²) in [4.78, 5) is 0. The standard InChI is InChI=1S/C14H23NOS/c1-12(17-14-7-3-2-4-8-14)10-15-11-13-6-5-9-16-13/h5-6,9,12,14-15H,2-4,7-8,10-11H2,1H3. The summed E-state index contributed by atoms with van der Waals surface area (Å²) in [5, 5.41) is 5.07. The van der Waals surface area contributed by atoms with Crippen molar-refractivity contribution in [2.45, 2.75) is 56.1 Å². The minimum Gasteiger partial charge on any atom is -0.468 e. The van der Waals surface area contributed by atoms with Gasteiger partial charge in [-0.15, -0.1) is 0 Å². The van der Waals surface area contributed by atoms with Gasteiger partial charge in [0.05, 0.1) is 12.8 Å². The quantitative estimate of drug-likeness (QED) is 0.834. The normalized spacial score (nSPS) is 19.4. The summed E-state index contributed by atoms with van der Waals surface area (Å²) < 4.78 is 5.30. The van der Waals surface area contributed by atoms with E-state index in [-0.39, 0.29) is 0 Å². The number of thioether (sulfide) groups is 1. The summed E-state index contributed by atoms with van der Waals surface area (Å²) in [5.74, 6) is 1.03. The van der Waals surface area contributed by atoms with Crippen LogP contribution in [-0.4, -0.2) is 17.0 Å². The van der Waals surface area contributed by atoms with Crippen LogP contribution < -0.4 is 5.32 Å². The second kappa shape index (κ2) is 7.12. The SMILES string of the molecule is CC(CNCc1ccco1)SC1CCCCC1. The molecular formula is C14H23NOS. The summed E-state index contributed by atoms with van der Waals surface area (Å²) in [5.41, 5.74) is 0. The van der Waals surface area contributed by atoms with E-state index in [0.717, 1.165) is 24.1 Å². The summed E-state index contributed by atoms with van der Waals surface area (Å²) in [7, 11) is 0. The Bertz CT molecular complexity index is 293. The summed E-state index contributed by atoms with van der Waals surface area (Å²) in [6, 6.07) is 3.96. The molecule has 0 aliphatic heterocycles. The molecule has 0 radical (unpaired) electrons. The van der Waals surface area contributed by atoms with Gasteiger partial charge in [0.25, 0.3) is 0 Å². The monoisotopic (exact) mass is 253 g/mol. The van der Waals surface area contributed by atoms with Crippen LogP contribution in [0.15, 0.2) is 22.8 Å². The van der Waals surface area contributed by atoms with E-state index in [9.17, 15) is 0 Å². The molecule has 1 atom stereocenters. The molecule has 0 aromatic carbocycles. The van der Waals surface area contributed by atoms with Crippen LogP contribution in [0, 0.1) is 0 Å². The third-order valence-electron chi connectivity index (χ3n) is 3.29. The van der Waals surface area contributed by atoms with Crippen molar-refractivity contribution in [3.63, 3.8) is 0 Å². The lowest BCUT2D eigenvalue weighted by molar-refractivity contribution is 0.483. The predicted molar refractivity (Wildman–Crippen MR) is 74.3 cm³/mol. The van der Waals surface area contributed by atoms with Gasteiger partial charge in [0.1, 0.15) is 5.76 Å². The fourth-order valence-corrected chi connectivity index (χ4v) is 3.87. The third-order valence-corrected chi connectivity index (χ3v) is 4.78. The predicted octanol–water partition coefficient (Wildman–Crippen LogP) is 3.82. The van der Waals surface area contributed by atoms with Crippen LogP contribution in [0.3, 0.4) is 0 Å². The molecule has 1 aromatic heterocycles. The van der Waals surface area contributed by atoms with Gasteiger partial charge in [-0.25, -0.2) is 0 Å². The van der Waals surface area contributed by atoms with Crippen molar-refractivity contribution in [2.75, 3.05) is 6.54 Å². The van der Waals surface area contributed by atoms with Gasteiger partial charge < -0.3 is 9.73 Å². The van der Waals surface area contributed by atoms with E-state index in [2.05, 4.69) is 24.0 Å². The molecule has 0 saturated heterocycles. The molecule has 1 aliphatic rings. The molecule has 3 heteroatoms. The number of nitrogens with one attached hydrogen (secondary N) is 1. The van der Waals surface area contributed by atoms with Gasteiger partial charge in [-0.1, -0.05) is 26.2 Å². The van der Waals surface area contributed by atoms with E-state index in [1.165, 1.54) is 32.1 Å². The number of hydrogen-bond donors (Lipinski definition) is 1. The second-order valence-electron chi connectivity index (χ2n) is 4.92. The maximum Gasteiger partial charge on any atom is 0.117 e. The molecule has 1 aliphatic carbocycles. The van der Waals surface area contributed by atoms with E-state index in [0.29, 0.717) is 5.25 Å². The van der Waals surface area contributed by atoms with Gasteiger partial charge in [0.2, 0.25) is 0 Å². The lowest BCUT2D eigenvalue weighted by Crippen LogP contribution is -2.24. The summed E-state index contributed by atoms with van der Waals surface area (Å²) >= 11 is 2.16. The van der Waals surface area contributed by atoms with Crippen molar-refractivity contribution in [1.82, 2.24) is 5.32 Å². The average Bonchev–Trinajstić information content (AvgIpc) is 2.83. The highest BCUT2D eigenvalue weighted by molar-refractivity contribution is 8.00. The van der Waals surface area contributed by atoms with E-state index in [1.54, 1.807) is 6.26 Å². The Hall–Kier alpha value is -0.410. The van der Waals surface area contributed by atoms with E-state index < -0.39 is 0 Å². The van der Waals surface area contributed by atoms with Crippen molar-refractivity contribution < 1.29 is 4.42 Å². The van der Waals surface area contributed by atoms with Crippen LogP contribution in [0.1, 0.15) is 44.8 Å². The fourth-order valence-electron chi connectivity index (χ4n) is 2.39. The molecule has 0 spiro atoms. The Balaban J connectivity index is 1.58. The van der Waals surface area contributed by atoms with Crippen LogP contribution >= 0.6 is 11.8 Å². The molecule has 0 bridgehead atoms. The molecule has 0 amide bonds. The van der Waals surface area contributed by atoms with E-state index in [4.69, 9.17) is 4.42 Å². The zero-order valence-corrected chi connectivity index (χ0v) is 11.5. The van der Waals surface area contributed by atoms with Crippen LogP contribution in [0.2, 0.25) is 0 Å². The van der Waals surface area contributed by atoms with Crippen molar-refractivity contribution in [3.05, 3.63) is 24.2 Å². The fraction of sp³-hybridized carbons (Fsp3) is 0.714. The minimum absolute atomic E-state index is 0.702. The third kappa shape index (κ3) is 4.76. The Labute approximate surface area is 109 Å². The van der Waals surface area contributed by atoms with Crippen LogP contribution in [0.4, 0.5) is 0 Å². The van der Waals surface area contributed by atoms with Gasteiger partial charge in [0, 0.05) is 17.0 Å². The van der Waals surface area contributed by atoms with E-state index >= 15 is 0 Å². The lowest BCUT2D eigenvalue weighted by Gasteiger charge is -2.24. The molecule has 1 unspecified atom stereocenters. The van der Waals surface area contributed by atoms with Gasteiger partial charge >= 0.3 is 0 Å². The van der Waals surface area contributed by atoms with Gasteiger partial charge in [-0.05, 0) is 25.0 Å². The molecular weight excluding hydrogens is 230 g/mol. The molecule has 1 fully saturated rings. The van der Waals surface area contributed by atoms with Crippen molar-refractivity contribution >= 4 is 11.8 Å². The Morgan fingerprint density at radius 3 is 2.94 bits per heavy atom. The van der Waals surface area contributed by atoms with Crippen LogP contribution in [0.25, 0.3) is 0 Å². The first-order chi connectivity index (χ1) is 8.34. The highest BCUT2D eigenvalue weighted by Crippen LogP contribution is 2.30. The minimum atomic E-state index is 0.702. The van der Waals surface area contributed by atoms with Crippen LogP contribution in [0.5, 0.6) is 0 Å². The maximum absolute atomic E-state index is 5.30. The zero-order valence-electron chi connectivity index (χ0n) is 10.7. The highest BCUT2D eigenvalue weighted by atomic mass is 32.2. The smallest absolute Gasteiger partial charge is 0.117 e. The molecule has 2 rings (SSSR count). The largest absolute Gasteiger partial charge is 0.468 e. The van der Waals surface area contributed by atoms with Gasteiger partial charge in [0.15, 0.2) is 0 Å². The molecule has 96 valence electrons. The number of hydrogen-bond acceptors (Lipinski definition) is 3. The van der Waals surface area contributed by atoms with E-state index in [1.807, 2.05) is 12.1 Å². The second-order valence-corrected chi connectivity index (χ2v) is 6.66. The molecule has 17 heavy (non-hydrogen) atoms. The molecule has 1 aromatic rings. The van der Waals surface area contributed by atoms with Gasteiger partial charge in [-0.2, -0.15) is 11.8 Å². The molecule has 2 nitrogen and oxygen atoms in total. The van der Waals surface area contributed by atoms with Crippen molar-refractivity contribution in [1.29, 1.82) is 0 Å². The Morgan fingerprint density at radius 2 is 2.24 bits per heavy atom. The first-order valence-corrected chi connectivity index (χ1v) is 7.67. The lowest BCUT2D eigenvalue weighted by atomic mass is 10.0. The maximum atomic E-state index is 5.30. The zero-order chi connectivity index (χ0) is 11.9.